The van der Waals surface area contributed by atoms with Gasteiger partial charge in [-0.3, -0.25) is 0 Å². The summed E-state index contributed by atoms with van der Waals surface area (Å²) in [5.74, 6) is 2.20. The van der Waals surface area contributed by atoms with Crippen LogP contribution >= 0.6 is 11.3 Å². The van der Waals surface area contributed by atoms with Gasteiger partial charge in [0.05, 0.1) is 50.2 Å². The normalized spacial score (nSPS) is 14.6. The highest BCUT2D eigenvalue weighted by atomic mass is 32.1. The van der Waals surface area contributed by atoms with Gasteiger partial charge in [0.2, 0.25) is 0 Å². The minimum atomic E-state index is -2.05. The highest BCUT2D eigenvalue weighted by Gasteiger charge is 2.46. The molecule has 0 amide bonds. The molecule has 13 heteroatoms. The van der Waals surface area contributed by atoms with Crippen molar-refractivity contribution < 1.29 is 8.83 Å². The van der Waals surface area contributed by atoms with E-state index >= 15 is 0 Å². The van der Waals surface area contributed by atoms with Crippen molar-refractivity contribution in [3.63, 3.8) is 0 Å². The molecule has 0 fully saturated rings. The van der Waals surface area contributed by atoms with Gasteiger partial charge < -0.3 is 13.4 Å². The minimum Gasteiger partial charge on any atom is -0.455 e. The summed E-state index contributed by atoms with van der Waals surface area (Å²) in [4.78, 5) is 32.5. The van der Waals surface area contributed by atoms with Gasteiger partial charge in [-0.15, -0.1) is 11.3 Å². The average Bonchev–Trinajstić information content (AvgIpc) is 1.56. The van der Waals surface area contributed by atoms with Gasteiger partial charge in [0.1, 0.15) is 41.0 Å². The molecule has 2 aliphatic carbocycles. The van der Waals surface area contributed by atoms with Crippen LogP contribution < -0.4 is 31.1 Å². The molecule has 0 atom stereocenters. The Morgan fingerprint density at radius 1 is 0.262 bits per heavy atom. The Kier molecular flexibility index (Phi) is 18.4. The smallest absolute Gasteiger partial charge is 0.164 e. The molecule has 9 nitrogen and oxygen atoms in total. The molecule has 5 aliphatic rings. The maximum absolute atomic E-state index is 7.06. The molecule has 0 saturated heterocycles. The number of rotatable bonds is 7. The average molecular weight is 1930 g/mol. The SMILES string of the molecule is CC1(C)c2ccc(-c3nc(-c4ccccc4)c4c5c(ccc4n3)-c3ccccc3[Si]5(C)C)cc2-c2c1ccc1c2oc2ccccc21.CC1(C)c2ccc(-c3nc(-c4ccccc4)c4c5c(ccc4n3)-c3ccccc3[Si]5(C)C)cc2-c2c1ccc1c2sc2ccccc21.C[Si]1(C)c2ccccc2-c2ccc3nc(-c4cccc5c4oc4c5ccc5c6ccccc6n(-c6ccccc6)c54)nc(-c4ccccc4)c3c21. The molecule has 19 aromatic carbocycles. The van der Waals surface area contributed by atoms with Crippen LogP contribution in [-0.4, -0.2) is 58.7 Å². The molecular weight excluding hydrogens is 1830 g/mol. The molecule has 0 radical (unpaired) electrons. The van der Waals surface area contributed by atoms with Crippen molar-refractivity contribution >= 4 is 185 Å². The number of thiophene rings is 1. The van der Waals surface area contributed by atoms with E-state index < -0.39 is 24.2 Å². The molecule has 7 aromatic heterocycles. The van der Waals surface area contributed by atoms with Gasteiger partial charge in [-0.1, -0.05) is 388 Å². The molecule has 10 heterocycles. The zero-order valence-corrected chi connectivity index (χ0v) is 85.7. The van der Waals surface area contributed by atoms with Crippen LogP contribution in [0.2, 0.25) is 39.3 Å². The van der Waals surface area contributed by atoms with Gasteiger partial charge in [0.15, 0.2) is 23.1 Å². The summed E-state index contributed by atoms with van der Waals surface area (Å²) in [6.07, 6.45) is 0. The van der Waals surface area contributed by atoms with E-state index in [1.54, 1.807) is 0 Å². The lowest BCUT2D eigenvalue weighted by Gasteiger charge is -2.22. The van der Waals surface area contributed by atoms with E-state index in [4.69, 9.17) is 38.7 Å². The van der Waals surface area contributed by atoms with Crippen LogP contribution in [0.25, 0.3) is 248 Å². The van der Waals surface area contributed by atoms with E-state index in [9.17, 15) is 0 Å². The largest absolute Gasteiger partial charge is 0.455 e. The van der Waals surface area contributed by atoms with Gasteiger partial charge in [-0.25, -0.2) is 29.9 Å². The van der Waals surface area contributed by atoms with Crippen molar-refractivity contribution in [1.82, 2.24) is 34.5 Å². The Bertz CT molecular complexity index is 9770. The summed E-state index contributed by atoms with van der Waals surface area (Å²) in [5.41, 5.74) is 37.4. The van der Waals surface area contributed by atoms with Gasteiger partial charge in [-0.2, -0.15) is 0 Å². The second-order valence-electron chi connectivity index (χ2n) is 42.5. The third-order valence-electron chi connectivity index (χ3n) is 32.7. The number of aromatic nitrogens is 7. The van der Waals surface area contributed by atoms with Crippen LogP contribution in [0, 0.1) is 0 Å². The monoisotopic (exact) mass is 1930 g/mol. The lowest BCUT2D eigenvalue weighted by atomic mass is 9.82. The number of furan rings is 2. The third-order valence-corrected chi connectivity index (χ3v) is 44.6. The number of nitrogens with zero attached hydrogens (tertiary/aromatic N) is 7. The van der Waals surface area contributed by atoms with Crippen LogP contribution in [0.15, 0.2) is 403 Å². The highest BCUT2D eigenvalue weighted by molar-refractivity contribution is 7.26. The van der Waals surface area contributed by atoms with E-state index in [-0.39, 0.29) is 10.8 Å². The van der Waals surface area contributed by atoms with E-state index in [0.29, 0.717) is 5.82 Å². The second kappa shape index (κ2) is 31.2. The predicted molar refractivity (Wildman–Crippen MR) is 615 cm³/mol. The number of hydrogen-bond acceptors (Lipinski definition) is 9. The Labute approximate surface area is 845 Å². The topological polar surface area (TPSA) is 109 Å². The maximum atomic E-state index is 7.06. The molecule has 145 heavy (non-hydrogen) atoms. The summed E-state index contributed by atoms with van der Waals surface area (Å²) in [5, 5.41) is 21.8. The van der Waals surface area contributed by atoms with Crippen LogP contribution in [-0.2, 0) is 10.8 Å². The summed E-state index contributed by atoms with van der Waals surface area (Å²) in [6.45, 7) is 24.2. The number of benzene rings is 19. The quantitative estimate of drug-likeness (QED) is 0.145. The molecule has 0 spiro atoms. The van der Waals surface area contributed by atoms with E-state index in [1.807, 2.05) is 17.4 Å². The first-order chi connectivity index (χ1) is 70.7. The number of fused-ring (bicyclic) bond motifs is 36. The number of hydrogen-bond donors (Lipinski definition) is 0. The van der Waals surface area contributed by atoms with Crippen molar-refractivity contribution in [1.29, 1.82) is 0 Å². The van der Waals surface area contributed by atoms with Crippen molar-refractivity contribution in [3.8, 4) is 129 Å². The molecule has 0 unspecified atom stereocenters. The fourth-order valence-corrected chi connectivity index (χ4v) is 37.5. The first kappa shape index (κ1) is 85.3. The van der Waals surface area contributed by atoms with Crippen molar-refractivity contribution in [2.24, 2.45) is 0 Å². The zero-order chi connectivity index (χ0) is 97.2. The molecule has 688 valence electrons. The van der Waals surface area contributed by atoms with Crippen LogP contribution in [0.5, 0.6) is 0 Å². The molecule has 0 N–H and O–H groups in total. The molecule has 26 aromatic rings. The summed E-state index contributed by atoms with van der Waals surface area (Å²) in [6, 6.07) is 142. The lowest BCUT2D eigenvalue weighted by molar-refractivity contribution is 0.653. The van der Waals surface area contributed by atoms with E-state index in [0.717, 1.165) is 145 Å². The van der Waals surface area contributed by atoms with E-state index in [2.05, 4.69) is 460 Å². The Hall–Kier alpha value is -16.5. The van der Waals surface area contributed by atoms with Crippen molar-refractivity contribution in [2.45, 2.75) is 77.8 Å². The Morgan fingerprint density at radius 3 is 1.19 bits per heavy atom. The Morgan fingerprint density at radius 2 is 0.655 bits per heavy atom. The minimum absolute atomic E-state index is 0.0846. The maximum Gasteiger partial charge on any atom is 0.164 e. The standard InChI is InChI=1S/C46H31N3OSi.C43H32N2OSi.C43H32N2SSi/c1-51(2)39-23-12-10-19-31(39)35-26-27-37-40(45(35)51)41(28-14-5-3-6-15-28)48-46(47-37)36-21-13-20-33-34-25-24-32-30-18-9-11-22-38(30)49(29-16-7-4-8-17-29)42(32)44(34)50-43(33)36;2*1-43(2)32-21-18-26(24-31(32)37-33(43)22-19-29-27-14-8-10-16-35(27)46-40(29)37)42-44-34-23-20-30-28-15-9-11-17-36(28)47(3,4)41(30)38(34)39(45-42)25-12-6-5-7-13-25/h3-27H,1-2H3;2*5-24H,1-4H3. The first-order valence-electron chi connectivity index (χ1n) is 50.4. The van der Waals surface area contributed by atoms with Crippen LogP contribution in [0.1, 0.15) is 49.9 Å². The predicted octanol–water partition coefficient (Wildman–Crippen LogP) is 31.2. The van der Waals surface area contributed by atoms with Gasteiger partial charge in [0, 0.05) is 124 Å². The molecule has 3 aliphatic heterocycles. The lowest BCUT2D eigenvalue weighted by Crippen LogP contribution is -2.49. The summed E-state index contributed by atoms with van der Waals surface area (Å²) >= 11 is 1.91. The molecule has 0 bridgehead atoms. The van der Waals surface area contributed by atoms with Crippen molar-refractivity contribution in [3.05, 3.63) is 417 Å². The highest BCUT2D eigenvalue weighted by Crippen LogP contribution is 2.58. The van der Waals surface area contributed by atoms with E-state index in [1.165, 1.54) is 151 Å². The molecular formula is C132H95N7O2SSi3. The second-order valence-corrected chi connectivity index (χ2v) is 56.4. The van der Waals surface area contributed by atoms with Crippen LogP contribution in [0.4, 0.5) is 0 Å². The van der Waals surface area contributed by atoms with Gasteiger partial charge in [-0.05, 0) is 171 Å². The zero-order valence-electron chi connectivity index (χ0n) is 81.9. The number of para-hydroxylation sites is 4. The fourth-order valence-electron chi connectivity index (χ4n) is 25.9. The fraction of sp³-hybridized carbons (Fsp3) is 0.0909. The Balaban J connectivity index is 0.000000103. The van der Waals surface area contributed by atoms with Crippen LogP contribution in [0.3, 0.4) is 0 Å². The summed E-state index contributed by atoms with van der Waals surface area (Å²) in [7, 11) is -6.05. The molecule has 31 rings (SSSR count). The van der Waals surface area contributed by atoms with Crippen molar-refractivity contribution in [2.75, 3.05) is 0 Å². The summed E-state index contributed by atoms with van der Waals surface area (Å²) < 4.78 is 18.7. The van der Waals surface area contributed by atoms with Gasteiger partial charge >= 0.3 is 0 Å². The first-order valence-corrected chi connectivity index (χ1v) is 60.2. The van der Waals surface area contributed by atoms with Gasteiger partial charge in [0.25, 0.3) is 0 Å². The molecule has 0 saturated carbocycles. The third kappa shape index (κ3) is 12.3.